The van der Waals surface area contributed by atoms with E-state index in [4.69, 9.17) is 4.74 Å². The number of carbonyl (C=O) groups excluding carboxylic acids is 2. The van der Waals surface area contributed by atoms with Gasteiger partial charge in [0.25, 0.3) is 5.91 Å². The standard InChI is InChI=1S/C18H24N2O3/c21-17(14-7-2-1-3-8-14)19-18(22)23-13-15-9-6-12-20-11-5-4-10-16(15)20/h1-3,7-8,15-16H,4-6,9-13H2,(H,19,21,22)/p+1/t15-,16+/m0/s1. The zero-order valence-electron chi connectivity index (χ0n) is 13.4. The van der Waals surface area contributed by atoms with Crippen LogP contribution >= 0.6 is 0 Å². The van der Waals surface area contributed by atoms with E-state index in [1.807, 2.05) is 6.07 Å². The first-order chi connectivity index (χ1) is 11.2. The van der Waals surface area contributed by atoms with Crippen LogP contribution in [0.4, 0.5) is 4.79 Å². The second-order valence-corrected chi connectivity index (χ2v) is 6.58. The van der Waals surface area contributed by atoms with Crippen molar-refractivity contribution in [3.05, 3.63) is 35.9 Å². The number of carbonyl (C=O) groups is 2. The van der Waals surface area contributed by atoms with E-state index < -0.39 is 12.0 Å². The number of quaternary nitrogens is 1. The molecule has 0 saturated carbocycles. The van der Waals surface area contributed by atoms with Gasteiger partial charge in [-0.1, -0.05) is 18.2 Å². The summed E-state index contributed by atoms with van der Waals surface area (Å²) < 4.78 is 5.34. The molecule has 1 aromatic rings. The molecule has 124 valence electrons. The second kappa shape index (κ2) is 7.59. The van der Waals surface area contributed by atoms with Crippen LogP contribution in [0.15, 0.2) is 30.3 Å². The van der Waals surface area contributed by atoms with Gasteiger partial charge >= 0.3 is 6.09 Å². The Labute approximate surface area is 137 Å². The largest absolute Gasteiger partial charge is 0.449 e. The Bertz CT molecular complexity index is 544. The number of ether oxygens (including phenoxy) is 1. The van der Waals surface area contributed by atoms with Crippen molar-refractivity contribution < 1.29 is 19.2 Å². The number of benzene rings is 1. The Morgan fingerprint density at radius 3 is 2.70 bits per heavy atom. The van der Waals surface area contributed by atoms with Crippen LogP contribution in [-0.2, 0) is 4.74 Å². The van der Waals surface area contributed by atoms with Crippen molar-refractivity contribution in [3.63, 3.8) is 0 Å². The summed E-state index contributed by atoms with van der Waals surface area (Å²) in [5.74, 6) is 0.0146. The molecule has 1 aromatic carbocycles. The molecule has 2 aliphatic rings. The zero-order valence-corrected chi connectivity index (χ0v) is 13.4. The summed E-state index contributed by atoms with van der Waals surface area (Å²) >= 11 is 0. The molecule has 2 N–H and O–H groups in total. The van der Waals surface area contributed by atoms with Gasteiger partial charge in [0.15, 0.2) is 0 Å². The monoisotopic (exact) mass is 317 g/mol. The predicted molar refractivity (Wildman–Crippen MR) is 86.3 cm³/mol. The lowest BCUT2D eigenvalue weighted by atomic mass is 9.84. The minimum absolute atomic E-state index is 0.413. The van der Waals surface area contributed by atoms with Gasteiger partial charge < -0.3 is 9.64 Å². The fourth-order valence-electron chi connectivity index (χ4n) is 3.95. The van der Waals surface area contributed by atoms with E-state index in [1.165, 1.54) is 38.8 Å². The highest BCUT2D eigenvalue weighted by Crippen LogP contribution is 2.20. The Kier molecular flexibility index (Phi) is 5.28. The molecule has 3 atom stereocenters. The lowest BCUT2D eigenvalue weighted by molar-refractivity contribution is -0.940. The Morgan fingerprint density at radius 2 is 1.87 bits per heavy atom. The number of piperidine rings is 2. The molecule has 0 spiro atoms. The number of fused-ring (bicyclic) bond motifs is 1. The van der Waals surface area contributed by atoms with Crippen molar-refractivity contribution >= 4 is 12.0 Å². The first kappa shape index (κ1) is 16.0. The van der Waals surface area contributed by atoms with E-state index in [-0.39, 0.29) is 0 Å². The van der Waals surface area contributed by atoms with E-state index in [0.29, 0.717) is 24.1 Å². The normalized spacial score (nSPS) is 26.9. The third kappa shape index (κ3) is 4.10. The van der Waals surface area contributed by atoms with Gasteiger partial charge in [0.1, 0.15) is 6.61 Å². The lowest BCUT2D eigenvalue weighted by Crippen LogP contribution is -3.18. The summed E-state index contributed by atoms with van der Waals surface area (Å²) in [7, 11) is 0. The molecule has 5 nitrogen and oxygen atoms in total. The smallest absolute Gasteiger partial charge is 0.414 e. The minimum Gasteiger partial charge on any atom is -0.449 e. The zero-order chi connectivity index (χ0) is 16.1. The second-order valence-electron chi connectivity index (χ2n) is 6.58. The highest BCUT2D eigenvalue weighted by atomic mass is 16.5. The fraction of sp³-hybridized carbons (Fsp3) is 0.556. The molecule has 2 aliphatic heterocycles. The minimum atomic E-state index is -0.637. The van der Waals surface area contributed by atoms with Crippen LogP contribution < -0.4 is 10.2 Å². The van der Waals surface area contributed by atoms with Crippen molar-refractivity contribution in [3.8, 4) is 0 Å². The summed E-state index contributed by atoms with van der Waals surface area (Å²) in [6.45, 7) is 2.92. The number of amides is 2. The Morgan fingerprint density at radius 1 is 1.09 bits per heavy atom. The Balaban J connectivity index is 1.47. The summed E-state index contributed by atoms with van der Waals surface area (Å²) in [5.41, 5.74) is 0.463. The van der Waals surface area contributed by atoms with Gasteiger partial charge in [0.2, 0.25) is 0 Å². The van der Waals surface area contributed by atoms with E-state index in [0.717, 1.165) is 6.42 Å². The maximum absolute atomic E-state index is 11.9. The maximum Gasteiger partial charge on any atom is 0.414 e. The van der Waals surface area contributed by atoms with Crippen LogP contribution in [0.25, 0.3) is 0 Å². The van der Waals surface area contributed by atoms with Gasteiger partial charge in [-0.25, -0.2) is 4.79 Å². The van der Waals surface area contributed by atoms with Crippen molar-refractivity contribution in [2.45, 2.75) is 38.1 Å². The maximum atomic E-state index is 11.9. The summed E-state index contributed by atoms with van der Waals surface area (Å²) in [6, 6.07) is 9.33. The first-order valence-corrected chi connectivity index (χ1v) is 8.62. The number of rotatable bonds is 3. The molecule has 2 fully saturated rings. The third-order valence-corrected chi connectivity index (χ3v) is 5.11. The number of imide groups is 1. The van der Waals surface area contributed by atoms with Crippen LogP contribution in [0.2, 0.25) is 0 Å². The van der Waals surface area contributed by atoms with E-state index in [2.05, 4.69) is 5.32 Å². The molecule has 2 saturated heterocycles. The lowest BCUT2D eigenvalue weighted by Gasteiger charge is -2.40. The molecule has 1 unspecified atom stereocenters. The molecule has 0 aromatic heterocycles. The van der Waals surface area contributed by atoms with Crippen LogP contribution in [0.1, 0.15) is 42.5 Å². The molecule has 0 bridgehead atoms. The predicted octanol–water partition coefficient (Wildman–Crippen LogP) is 1.40. The molecule has 5 heteroatoms. The molecular formula is C18H25N2O3+. The molecule has 3 rings (SSSR count). The molecule has 2 heterocycles. The molecule has 0 aliphatic carbocycles. The van der Waals surface area contributed by atoms with E-state index in [1.54, 1.807) is 29.2 Å². The Hall–Kier alpha value is -1.88. The van der Waals surface area contributed by atoms with Gasteiger partial charge in [-0.2, -0.15) is 0 Å². The number of nitrogens with one attached hydrogen (secondary N) is 2. The van der Waals surface area contributed by atoms with Crippen LogP contribution in [0.3, 0.4) is 0 Å². The first-order valence-electron chi connectivity index (χ1n) is 8.62. The van der Waals surface area contributed by atoms with Gasteiger partial charge in [0, 0.05) is 11.5 Å². The molecule has 23 heavy (non-hydrogen) atoms. The summed E-state index contributed by atoms with van der Waals surface area (Å²) in [4.78, 5) is 25.5. The quantitative estimate of drug-likeness (QED) is 0.886. The molecule has 0 radical (unpaired) electrons. The van der Waals surface area contributed by atoms with Crippen molar-refractivity contribution in [1.29, 1.82) is 0 Å². The van der Waals surface area contributed by atoms with Gasteiger partial charge in [-0.15, -0.1) is 0 Å². The van der Waals surface area contributed by atoms with Gasteiger partial charge in [0.05, 0.1) is 19.1 Å². The van der Waals surface area contributed by atoms with Crippen molar-refractivity contribution in [1.82, 2.24) is 5.32 Å². The van der Waals surface area contributed by atoms with Crippen molar-refractivity contribution in [2.75, 3.05) is 19.7 Å². The average Bonchev–Trinajstić information content (AvgIpc) is 2.60. The topological polar surface area (TPSA) is 59.8 Å². The van der Waals surface area contributed by atoms with Gasteiger partial charge in [-0.3, -0.25) is 10.1 Å². The van der Waals surface area contributed by atoms with E-state index in [9.17, 15) is 9.59 Å². The fourth-order valence-corrected chi connectivity index (χ4v) is 3.95. The van der Waals surface area contributed by atoms with Crippen LogP contribution in [0, 0.1) is 5.92 Å². The SMILES string of the molecule is O=C(NC(=O)c1ccccc1)OC[C@@H]1CCC[NH+]2CCCC[C@H]12. The number of alkyl carbamates (subject to hydrolysis) is 1. The number of hydrogen-bond donors (Lipinski definition) is 2. The van der Waals surface area contributed by atoms with Gasteiger partial charge in [-0.05, 0) is 44.2 Å². The molecule has 2 amide bonds. The summed E-state index contributed by atoms with van der Waals surface area (Å²) in [6.07, 6.45) is 5.50. The average molecular weight is 317 g/mol. The van der Waals surface area contributed by atoms with Crippen LogP contribution in [0.5, 0.6) is 0 Å². The number of hydrogen-bond acceptors (Lipinski definition) is 3. The molecular weight excluding hydrogens is 292 g/mol. The summed E-state index contributed by atoms with van der Waals surface area (Å²) in [5, 5.41) is 2.30. The highest BCUT2D eigenvalue weighted by Gasteiger charge is 2.37. The van der Waals surface area contributed by atoms with Crippen molar-refractivity contribution in [2.24, 2.45) is 5.92 Å². The third-order valence-electron chi connectivity index (χ3n) is 5.11. The highest BCUT2D eigenvalue weighted by molar-refractivity contribution is 6.02. The van der Waals surface area contributed by atoms with Crippen LogP contribution in [-0.4, -0.2) is 37.7 Å². The van der Waals surface area contributed by atoms with E-state index >= 15 is 0 Å².